The molecular weight excluding hydrogens is 158 g/mol. The smallest absolute Gasteiger partial charge is 0.00438 e. The van der Waals surface area contributed by atoms with Crippen LogP contribution in [0.2, 0.25) is 0 Å². The van der Waals surface area contributed by atoms with Crippen molar-refractivity contribution in [3.63, 3.8) is 0 Å². The Hall–Kier alpha value is -0.0400. The minimum atomic E-state index is 0.771. The van der Waals surface area contributed by atoms with Gasteiger partial charge in [0, 0.05) is 0 Å². The van der Waals surface area contributed by atoms with Crippen LogP contribution in [0.3, 0.4) is 0 Å². The first-order valence-corrected chi connectivity index (χ1v) is 5.95. The zero-order valence-corrected chi connectivity index (χ0v) is 9.26. The van der Waals surface area contributed by atoms with E-state index in [2.05, 4.69) is 13.8 Å². The summed E-state index contributed by atoms with van der Waals surface area (Å²) < 4.78 is 0. The van der Waals surface area contributed by atoms with Crippen LogP contribution in [0.25, 0.3) is 0 Å². The summed E-state index contributed by atoms with van der Waals surface area (Å²) >= 11 is 0. The largest absolute Gasteiger partial charge is 0.330 e. The highest BCUT2D eigenvalue weighted by molar-refractivity contribution is 4.75. The molecule has 2 N–H and O–H groups in total. The molecule has 0 heterocycles. The van der Waals surface area contributed by atoms with Gasteiger partial charge in [-0.2, -0.15) is 0 Å². The van der Waals surface area contributed by atoms with E-state index in [1.54, 1.807) is 0 Å². The lowest BCUT2D eigenvalue weighted by Crippen LogP contribution is -2.27. The maximum absolute atomic E-state index is 5.86. The van der Waals surface area contributed by atoms with Gasteiger partial charge < -0.3 is 5.73 Å². The van der Waals surface area contributed by atoms with E-state index < -0.39 is 0 Å². The fourth-order valence-corrected chi connectivity index (χ4v) is 2.75. The Labute approximate surface area is 83.1 Å². The van der Waals surface area contributed by atoms with E-state index in [0.717, 1.165) is 24.3 Å². The first-order chi connectivity index (χ1) is 6.25. The van der Waals surface area contributed by atoms with Gasteiger partial charge in [-0.25, -0.2) is 0 Å². The Morgan fingerprint density at radius 2 is 1.62 bits per heavy atom. The number of rotatable bonds is 3. The average Bonchev–Trinajstić information content (AvgIpc) is 2.33. The minimum Gasteiger partial charge on any atom is -0.330 e. The maximum atomic E-state index is 5.86. The van der Waals surface area contributed by atoms with E-state index in [0.29, 0.717) is 0 Å². The van der Waals surface area contributed by atoms with Gasteiger partial charge in [0.1, 0.15) is 0 Å². The third-order valence-electron chi connectivity index (χ3n) is 3.63. The fraction of sp³-hybridized carbons (Fsp3) is 1.00. The first-order valence-electron chi connectivity index (χ1n) is 5.95. The van der Waals surface area contributed by atoms with Crippen molar-refractivity contribution in [1.29, 1.82) is 0 Å². The van der Waals surface area contributed by atoms with Crippen LogP contribution in [0, 0.1) is 17.8 Å². The van der Waals surface area contributed by atoms with Crippen LogP contribution in [0.15, 0.2) is 0 Å². The Kier molecular flexibility index (Phi) is 4.79. The topological polar surface area (TPSA) is 26.0 Å². The van der Waals surface area contributed by atoms with E-state index in [9.17, 15) is 0 Å². The summed E-state index contributed by atoms with van der Waals surface area (Å²) in [6.07, 6.45) is 8.64. The van der Waals surface area contributed by atoms with Crippen molar-refractivity contribution in [1.82, 2.24) is 0 Å². The summed E-state index contributed by atoms with van der Waals surface area (Å²) in [6.45, 7) is 5.53. The highest BCUT2D eigenvalue weighted by atomic mass is 14.6. The van der Waals surface area contributed by atoms with Crippen molar-refractivity contribution >= 4 is 0 Å². The van der Waals surface area contributed by atoms with E-state index in [1.165, 1.54) is 38.5 Å². The molecule has 0 saturated heterocycles. The molecule has 13 heavy (non-hydrogen) atoms. The molecule has 0 bridgehead atoms. The highest BCUT2D eigenvalue weighted by Crippen LogP contribution is 2.32. The summed E-state index contributed by atoms with van der Waals surface area (Å²) in [6, 6.07) is 0. The van der Waals surface area contributed by atoms with E-state index >= 15 is 0 Å². The zero-order chi connectivity index (χ0) is 9.68. The van der Waals surface area contributed by atoms with Crippen LogP contribution in [0.5, 0.6) is 0 Å². The van der Waals surface area contributed by atoms with Crippen molar-refractivity contribution in [3.05, 3.63) is 0 Å². The molecule has 1 aliphatic carbocycles. The SMILES string of the molecule is CC(C)C(CN)C1CCCCCC1. The summed E-state index contributed by atoms with van der Waals surface area (Å²) in [4.78, 5) is 0. The van der Waals surface area contributed by atoms with Crippen molar-refractivity contribution in [2.75, 3.05) is 6.54 Å². The summed E-state index contributed by atoms with van der Waals surface area (Å²) in [5.74, 6) is 2.47. The van der Waals surface area contributed by atoms with Gasteiger partial charge in [0.2, 0.25) is 0 Å². The molecule has 1 heteroatoms. The Morgan fingerprint density at radius 3 is 2.00 bits per heavy atom. The third kappa shape index (κ3) is 3.30. The molecule has 0 aliphatic heterocycles. The molecule has 1 aliphatic rings. The first kappa shape index (κ1) is 11.0. The molecule has 1 atom stereocenters. The monoisotopic (exact) mass is 183 g/mol. The van der Waals surface area contributed by atoms with Crippen LogP contribution in [0.1, 0.15) is 52.4 Å². The van der Waals surface area contributed by atoms with Gasteiger partial charge >= 0.3 is 0 Å². The van der Waals surface area contributed by atoms with Gasteiger partial charge in [0.15, 0.2) is 0 Å². The molecule has 1 saturated carbocycles. The lowest BCUT2D eigenvalue weighted by molar-refractivity contribution is 0.237. The van der Waals surface area contributed by atoms with Gasteiger partial charge in [-0.3, -0.25) is 0 Å². The van der Waals surface area contributed by atoms with Gasteiger partial charge in [-0.05, 0) is 24.3 Å². The Balaban J connectivity index is 2.45. The number of hydrogen-bond donors (Lipinski definition) is 1. The standard InChI is InChI=1S/C12H25N/c1-10(2)12(9-13)11-7-5-3-4-6-8-11/h10-12H,3-9,13H2,1-2H3. The molecular formula is C12H25N. The summed E-state index contributed by atoms with van der Waals surface area (Å²) in [5.41, 5.74) is 5.86. The van der Waals surface area contributed by atoms with E-state index in [4.69, 9.17) is 5.73 Å². The molecule has 1 fully saturated rings. The van der Waals surface area contributed by atoms with E-state index in [-0.39, 0.29) is 0 Å². The van der Waals surface area contributed by atoms with Crippen molar-refractivity contribution in [3.8, 4) is 0 Å². The fourth-order valence-electron chi connectivity index (χ4n) is 2.75. The molecule has 1 unspecified atom stereocenters. The second-order valence-corrected chi connectivity index (χ2v) is 4.90. The highest BCUT2D eigenvalue weighted by Gasteiger charge is 2.23. The molecule has 1 nitrogen and oxygen atoms in total. The lowest BCUT2D eigenvalue weighted by atomic mass is 9.79. The normalized spacial score (nSPS) is 23.1. The predicted octanol–water partition coefficient (Wildman–Crippen LogP) is 3.19. The molecule has 0 amide bonds. The van der Waals surface area contributed by atoms with Crippen LogP contribution >= 0.6 is 0 Å². The molecule has 0 spiro atoms. The lowest BCUT2D eigenvalue weighted by Gasteiger charge is -2.28. The second-order valence-electron chi connectivity index (χ2n) is 4.90. The summed E-state index contributed by atoms with van der Waals surface area (Å²) in [7, 11) is 0. The molecule has 78 valence electrons. The predicted molar refractivity (Wildman–Crippen MR) is 58.6 cm³/mol. The molecule has 0 aromatic rings. The third-order valence-corrected chi connectivity index (χ3v) is 3.63. The van der Waals surface area contributed by atoms with Crippen LogP contribution in [-0.2, 0) is 0 Å². The van der Waals surface area contributed by atoms with Crippen molar-refractivity contribution in [2.45, 2.75) is 52.4 Å². The number of nitrogens with two attached hydrogens (primary N) is 1. The van der Waals surface area contributed by atoms with Crippen molar-refractivity contribution < 1.29 is 0 Å². The second kappa shape index (κ2) is 5.64. The zero-order valence-electron chi connectivity index (χ0n) is 9.26. The van der Waals surface area contributed by atoms with Crippen molar-refractivity contribution in [2.24, 2.45) is 23.5 Å². The minimum absolute atomic E-state index is 0.771. The molecule has 0 aromatic heterocycles. The number of hydrogen-bond acceptors (Lipinski definition) is 1. The summed E-state index contributed by atoms with van der Waals surface area (Å²) in [5, 5.41) is 0. The van der Waals surface area contributed by atoms with Gasteiger partial charge in [0.25, 0.3) is 0 Å². The van der Waals surface area contributed by atoms with Gasteiger partial charge in [0.05, 0.1) is 0 Å². The van der Waals surface area contributed by atoms with Crippen LogP contribution < -0.4 is 5.73 Å². The molecule has 0 radical (unpaired) electrons. The molecule has 0 aromatic carbocycles. The van der Waals surface area contributed by atoms with Gasteiger partial charge in [-0.15, -0.1) is 0 Å². The Bertz CT molecular complexity index is 123. The van der Waals surface area contributed by atoms with Gasteiger partial charge in [-0.1, -0.05) is 52.4 Å². The van der Waals surface area contributed by atoms with Crippen LogP contribution in [-0.4, -0.2) is 6.54 Å². The van der Waals surface area contributed by atoms with Crippen LogP contribution in [0.4, 0.5) is 0 Å². The molecule has 1 rings (SSSR count). The maximum Gasteiger partial charge on any atom is -0.00438 e. The average molecular weight is 183 g/mol. The van der Waals surface area contributed by atoms with E-state index in [1.807, 2.05) is 0 Å². The Morgan fingerprint density at radius 1 is 1.08 bits per heavy atom. The quantitative estimate of drug-likeness (QED) is 0.668.